The van der Waals surface area contributed by atoms with Gasteiger partial charge in [0, 0.05) is 16.6 Å². The summed E-state index contributed by atoms with van der Waals surface area (Å²) in [6.45, 7) is 2.85. The van der Waals surface area contributed by atoms with Gasteiger partial charge in [-0.1, -0.05) is 35.3 Å². The summed E-state index contributed by atoms with van der Waals surface area (Å²) >= 11 is 13.7. The number of amides is 1. The number of thiazole rings is 1. The summed E-state index contributed by atoms with van der Waals surface area (Å²) in [7, 11) is 0. The van der Waals surface area contributed by atoms with Gasteiger partial charge < -0.3 is 4.74 Å². The smallest absolute Gasteiger partial charge is 0.410 e. The molecular formula is C19H14Cl2N2O2S. The minimum atomic E-state index is -0.354. The van der Waals surface area contributed by atoms with E-state index in [1.807, 2.05) is 42.6 Å². The van der Waals surface area contributed by atoms with Crippen molar-refractivity contribution >= 4 is 40.6 Å². The Morgan fingerprint density at radius 1 is 1.15 bits per heavy atom. The Bertz CT molecular complexity index is 1000. The number of ether oxygens (including phenoxy) is 1. The predicted molar refractivity (Wildman–Crippen MR) is 104 cm³/mol. The van der Waals surface area contributed by atoms with Gasteiger partial charge in [-0.2, -0.15) is 0 Å². The largest absolute Gasteiger partial charge is 0.415 e. The molecule has 7 heteroatoms. The van der Waals surface area contributed by atoms with E-state index in [9.17, 15) is 4.79 Å². The van der Waals surface area contributed by atoms with Crippen molar-refractivity contribution in [1.82, 2.24) is 9.88 Å². The first-order valence-electron chi connectivity index (χ1n) is 7.96. The van der Waals surface area contributed by atoms with Crippen LogP contribution in [0.2, 0.25) is 10.0 Å². The van der Waals surface area contributed by atoms with Gasteiger partial charge in [-0.25, -0.2) is 9.78 Å². The Kier molecular flexibility index (Phi) is 4.61. The van der Waals surface area contributed by atoms with Crippen LogP contribution in [-0.4, -0.2) is 16.0 Å². The van der Waals surface area contributed by atoms with E-state index < -0.39 is 0 Å². The Morgan fingerprint density at radius 2 is 1.92 bits per heavy atom. The molecule has 1 aromatic heterocycles. The van der Waals surface area contributed by atoms with Crippen molar-refractivity contribution in [2.24, 2.45) is 0 Å². The third-order valence-corrected chi connectivity index (χ3v) is 5.81. The lowest BCUT2D eigenvalue weighted by Crippen LogP contribution is -2.36. The van der Waals surface area contributed by atoms with Crippen molar-refractivity contribution in [2.45, 2.75) is 20.0 Å². The Hall–Kier alpha value is -2.08. The molecule has 2 aromatic carbocycles. The molecule has 1 aliphatic rings. The molecule has 0 radical (unpaired) electrons. The van der Waals surface area contributed by atoms with Crippen LogP contribution in [0.4, 0.5) is 4.79 Å². The molecule has 0 N–H and O–H groups in total. The number of carbonyl (C=O) groups is 1. The van der Waals surface area contributed by atoms with E-state index in [0.717, 1.165) is 27.4 Å². The van der Waals surface area contributed by atoms with Gasteiger partial charge in [0.05, 0.1) is 23.1 Å². The van der Waals surface area contributed by atoms with Gasteiger partial charge >= 0.3 is 6.09 Å². The van der Waals surface area contributed by atoms with E-state index in [0.29, 0.717) is 28.9 Å². The second-order valence-corrected chi connectivity index (χ2v) is 7.82. The van der Waals surface area contributed by atoms with Crippen molar-refractivity contribution in [2.75, 3.05) is 0 Å². The predicted octanol–water partition coefficient (Wildman–Crippen LogP) is 5.94. The summed E-state index contributed by atoms with van der Waals surface area (Å²) in [5, 5.41) is 3.89. The van der Waals surface area contributed by atoms with Gasteiger partial charge in [0.1, 0.15) is 10.8 Å². The van der Waals surface area contributed by atoms with Gasteiger partial charge in [-0.15, -0.1) is 11.3 Å². The Balaban J connectivity index is 1.62. The molecule has 0 atom stereocenters. The van der Waals surface area contributed by atoms with E-state index in [1.54, 1.807) is 22.3 Å². The highest BCUT2D eigenvalue weighted by Gasteiger charge is 2.26. The standard InChI is InChI=1S/C19H14Cl2N2O2S/c1-11-10-26-18(22-11)9-23-8-14-6-12(3-5-17(14)25-19(23)24)13-2-4-15(20)16(21)7-13/h2-7,10H,8-9H2,1H3. The number of benzene rings is 2. The number of rotatable bonds is 3. The number of fused-ring (bicyclic) bond motifs is 1. The van der Waals surface area contributed by atoms with Crippen molar-refractivity contribution in [1.29, 1.82) is 0 Å². The van der Waals surface area contributed by atoms with E-state index >= 15 is 0 Å². The maximum absolute atomic E-state index is 12.3. The van der Waals surface area contributed by atoms with E-state index in [-0.39, 0.29) is 6.09 Å². The lowest BCUT2D eigenvalue weighted by Gasteiger charge is -2.27. The minimum absolute atomic E-state index is 0.354. The highest BCUT2D eigenvalue weighted by atomic mass is 35.5. The molecule has 4 rings (SSSR count). The van der Waals surface area contributed by atoms with E-state index in [1.165, 1.54) is 0 Å². The zero-order valence-corrected chi connectivity index (χ0v) is 16.2. The van der Waals surface area contributed by atoms with Crippen LogP contribution in [0.1, 0.15) is 16.3 Å². The summed E-state index contributed by atoms with van der Waals surface area (Å²) in [6.07, 6.45) is -0.354. The van der Waals surface area contributed by atoms with E-state index in [4.69, 9.17) is 27.9 Å². The molecule has 0 spiro atoms. The third kappa shape index (κ3) is 3.43. The number of halogens is 2. The quantitative estimate of drug-likeness (QED) is 0.542. The highest BCUT2D eigenvalue weighted by molar-refractivity contribution is 7.09. The van der Waals surface area contributed by atoms with Crippen molar-refractivity contribution in [3.63, 3.8) is 0 Å². The van der Waals surface area contributed by atoms with Gasteiger partial charge in [0.25, 0.3) is 0 Å². The second kappa shape index (κ2) is 6.91. The summed E-state index contributed by atoms with van der Waals surface area (Å²) in [4.78, 5) is 18.3. The Morgan fingerprint density at radius 3 is 2.65 bits per heavy atom. The topological polar surface area (TPSA) is 42.4 Å². The number of hydrogen-bond donors (Lipinski definition) is 0. The fourth-order valence-electron chi connectivity index (χ4n) is 2.85. The molecule has 0 saturated heterocycles. The first-order chi connectivity index (χ1) is 12.5. The fraction of sp³-hybridized carbons (Fsp3) is 0.158. The molecule has 0 bridgehead atoms. The molecule has 3 aromatic rings. The SMILES string of the molecule is Cc1csc(CN2Cc3cc(-c4ccc(Cl)c(Cl)c4)ccc3OC2=O)n1. The van der Waals surface area contributed by atoms with Crippen LogP contribution in [0.25, 0.3) is 11.1 Å². The number of aryl methyl sites for hydroxylation is 1. The molecule has 1 aliphatic heterocycles. The zero-order valence-electron chi connectivity index (χ0n) is 13.8. The average molecular weight is 405 g/mol. The molecular weight excluding hydrogens is 391 g/mol. The van der Waals surface area contributed by atoms with Crippen molar-refractivity contribution < 1.29 is 9.53 Å². The molecule has 1 amide bonds. The number of carbonyl (C=O) groups excluding carboxylic acids is 1. The van der Waals surface area contributed by atoms with Crippen LogP contribution in [0.15, 0.2) is 41.8 Å². The normalized spacial score (nSPS) is 13.5. The van der Waals surface area contributed by atoms with Gasteiger partial charge in [-0.3, -0.25) is 4.90 Å². The van der Waals surface area contributed by atoms with Crippen LogP contribution in [0, 0.1) is 6.92 Å². The van der Waals surface area contributed by atoms with Crippen molar-refractivity contribution in [3.8, 4) is 16.9 Å². The van der Waals surface area contributed by atoms with E-state index in [2.05, 4.69) is 4.98 Å². The van der Waals surface area contributed by atoms with Crippen LogP contribution >= 0.6 is 34.5 Å². The van der Waals surface area contributed by atoms with Crippen LogP contribution in [0.3, 0.4) is 0 Å². The van der Waals surface area contributed by atoms with Gasteiger partial charge in [0.15, 0.2) is 0 Å². The molecule has 0 aliphatic carbocycles. The first kappa shape index (κ1) is 17.3. The monoisotopic (exact) mass is 404 g/mol. The van der Waals surface area contributed by atoms with Gasteiger partial charge in [0.2, 0.25) is 0 Å². The molecule has 26 heavy (non-hydrogen) atoms. The molecule has 0 fully saturated rings. The summed E-state index contributed by atoms with van der Waals surface area (Å²) < 4.78 is 5.47. The second-order valence-electron chi connectivity index (χ2n) is 6.06. The first-order valence-corrected chi connectivity index (χ1v) is 9.59. The lowest BCUT2D eigenvalue weighted by atomic mass is 10.0. The fourth-order valence-corrected chi connectivity index (χ4v) is 3.93. The molecule has 0 unspecified atom stereocenters. The van der Waals surface area contributed by atoms with Crippen LogP contribution < -0.4 is 4.74 Å². The Labute approximate surface area is 165 Å². The zero-order chi connectivity index (χ0) is 18.3. The molecule has 132 valence electrons. The van der Waals surface area contributed by atoms with Crippen LogP contribution in [-0.2, 0) is 13.1 Å². The summed E-state index contributed by atoms with van der Waals surface area (Å²) in [6, 6.07) is 11.3. The maximum Gasteiger partial charge on any atom is 0.415 e. The average Bonchev–Trinajstić information content (AvgIpc) is 3.02. The van der Waals surface area contributed by atoms with Crippen molar-refractivity contribution in [3.05, 3.63) is 68.1 Å². The lowest BCUT2D eigenvalue weighted by molar-refractivity contribution is 0.135. The molecule has 2 heterocycles. The molecule has 4 nitrogen and oxygen atoms in total. The van der Waals surface area contributed by atoms with Gasteiger partial charge in [-0.05, 0) is 42.3 Å². The number of aromatic nitrogens is 1. The third-order valence-electron chi connectivity index (χ3n) is 4.12. The summed E-state index contributed by atoms with van der Waals surface area (Å²) in [5.41, 5.74) is 3.85. The summed E-state index contributed by atoms with van der Waals surface area (Å²) in [5.74, 6) is 0.588. The number of hydrogen-bond acceptors (Lipinski definition) is 4. The number of nitrogens with zero attached hydrogens (tertiary/aromatic N) is 2. The minimum Gasteiger partial charge on any atom is -0.410 e. The highest BCUT2D eigenvalue weighted by Crippen LogP contribution is 2.34. The molecule has 0 saturated carbocycles. The van der Waals surface area contributed by atoms with Crippen LogP contribution in [0.5, 0.6) is 5.75 Å². The maximum atomic E-state index is 12.3.